The van der Waals surface area contributed by atoms with Crippen molar-refractivity contribution in [3.8, 4) is 0 Å². The van der Waals surface area contributed by atoms with Crippen molar-refractivity contribution in [3.05, 3.63) is 33.4 Å². The number of hydrogen-bond acceptors (Lipinski definition) is 0. The second-order valence-corrected chi connectivity index (χ2v) is 7.26. The predicted octanol–water partition coefficient (Wildman–Crippen LogP) is 7.29. The van der Waals surface area contributed by atoms with Crippen molar-refractivity contribution in [1.82, 2.24) is 0 Å². The molecule has 2 heteroatoms. The van der Waals surface area contributed by atoms with Gasteiger partial charge in [-0.3, -0.25) is 0 Å². The zero-order valence-electron chi connectivity index (χ0n) is 14.8. The average molecular weight is 432 g/mol. The summed E-state index contributed by atoms with van der Waals surface area (Å²) in [5.41, 5.74) is 9.83. The summed E-state index contributed by atoms with van der Waals surface area (Å²) in [5, 5.41) is 1.98. The summed E-state index contributed by atoms with van der Waals surface area (Å²) < 4.78 is 0. The van der Waals surface area contributed by atoms with E-state index in [2.05, 4.69) is 59.6 Å². The molecule has 0 amide bonds. The van der Waals surface area contributed by atoms with Gasteiger partial charge in [-0.2, -0.15) is 0 Å². The van der Waals surface area contributed by atoms with E-state index in [4.69, 9.17) is 0 Å². The van der Waals surface area contributed by atoms with E-state index in [1.807, 2.05) is 0 Å². The van der Waals surface area contributed by atoms with Gasteiger partial charge >= 0.3 is 0 Å². The molecule has 1 aromatic carbocycles. The fraction of sp³-hybridized carbons (Fsp3) is 0.700. The summed E-state index contributed by atoms with van der Waals surface area (Å²) >= 11 is 7.57. The highest BCUT2D eigenvalue weighted by molar-refractivity contribution is 9.09. The van der Waals surface area contributed by atoms with Crippen LogP contribution in [0, 0.1) is 0 Å². The molecule has 0 heterocycles. The Labute approximate surface area is 154 Å². The van der Waals surface area contributed by atoms with Crippen molar-refractivity contribution in [3.63, 3.8) is 0 Å². The standard InChI is InChI=1S/C20H32Br2/c1-5-9-15-16(10-6-2)18(12-8-4)20(14-22)19(13-21)17(15)11-7-3/h5-14H2,1-4H3. The Morgan fingerprint density at radius 3 is 0.864 bits per heavy atom. The van der Waals surface area contributed by atoms with Gasteiger partial charge in [-0.25, -0.2) is 0 Å². The van der Waals surface area contributed by atoms with Gasteiger partial charge in [0.05, 0.1) is 0 Å². The number of halogens is 2. The Balaban J connectivity index is 3.69. The molecule has 0 saturated carbocycles. The van der Waals surface area contributed by atoms with Crippen molar-refractivity contribution in [2.75, 3.05) is 0 Å². The maximum Gasteiger partial charge on any atom is 0.0289 e. The molecule has 126 valence electrons. The molecule has 0 atom stereocenters. The summed E-state index contributed by atoms with van der Waals surface area (Å²) in [6.07, 6.45) is 9.88. The second kappa shape index (κ2) is 10.9. The van der Waals surface area contributed by atoms with Crippen molar-refractivity contribution < 1.29 is 0 Å². The quantitative estimate of drug-likeness (QED) is 0.341. The molecule has 0 aromatic heterocycles. The zero-order chi connectivity index (χ0) is 16.5. The minimum Gasteiger partial charge on any atom is -0.0876 e. The van der Waals surface area contributed by atoms with E-state index >= 15 is 0 Å². The van der Waals surface area contributed by atoms with Crippen molar-refractivity contribution in [2.24, 2.45) is 0 Å². The van der Waals surface area contributed by atoms with Crippen LogP contribution in [0.15, 0.2) is 0 Å². The molecule has 1 aromatic rings. The smallest absolute Gasteiger partial charge is 0.0289 e. The average Bonchev–Trinajstić information content (AvgIpc) is 2.52. The molecule has 0 N–H and O–H groups in total. The van der Waals surface area contributed by atoms with Crippen molar-refractivity contribution in [1.29, 1.82) is 0 Å². The lowest BCUT2D eigenvalue weighted by Gasteiger charge is -2.25. The third-order valence-electron chi connectivity index (χ3n) is 4.45. The molecule has 1 rings (SSSR count). The van der Waals surface area contributed by atoms with Gasteiger partial charge in [0, 0.05) is 10.7 Å². The maximum absolute atomic E-state index is 3.78. The molecule has 22 heavy (non-hydrogen) atoms. The molecule has 0 nitrogen and oxygen atoms in total. The lowest BCUT2D eigenvalue weighted by Crippen LogP contribution is -2.12. The molecule has 0 bridgehead atoms. The molecule has 0 radical (unpaired) electrons. The Morgan fingerprint density at radius 1 is 0.455 bits per heavy atom. The van der Waals surface area contributed by atoms with Crippen molar-refractivity contribution >= 4 is 31.9 Å². The van der Waals surface area contributed by atoms with Crippen LogP contribution in [0.3, 0.4) is 0 Å². The van der Waals surface area contributed by atoms with Gasteiger partial charge in [-0.15, -0.1) is 0 Å². The van der Waals surface area contributed by atoms with Crippen molar-refractivity contribution in [2.45, 2.75) is 89.7 Å². The molecular formula is C20H32Br2. The number of hydrogen-bond donors (Lipinski definition) is 0. The minimum absolute atomic E-state index is 0.989. The van der Waals surface area contributed by atoms with Gasteiger partial charge in [-0.05, 0) is 59.1 Å². The highest BCUT2D eigenvalue weighted by Crippen LogP contribution is 2.35. The minimum atomic E-state index is 0.989. The third-order valence-corrected chi connectivity index (χ3v) is 5.57. The van der Waals surface area contributed by atoms with Crippen LogP contribution in [0.1, 0.15) is 86.8 Å². The number of benzene rings is 1. The first-order valence-electron chi connectivity index (χ1n) is 8.98. The Bertz CT molecular complexity index is 421. The van der Waals surface area contributed by atoms with Gasteiger partial charge in [0.25, 0.3) is 0 Å². The van der Waals surface area contributed by atoms with Gasteiger partial charge in [0.2, 0.25) is 0 Å². The first kappa shape index (κ1) is 20.2. The zero-order valence-corrected chi connectivity index (χ0v) is 18.0. The van der Waals surface area contributed by atoms with Crippen LogP contribution in [0.5, 0.6) is 0 Å². The number of rotatable bonds is 10. The van der Waals surface area contributed by atoms with Crippen LogP contribution in [0.2, 0.25) is 0 Å². The Kier molecular flexibility index (Phi) is 9.99. The van der Waals surface area contributed by atoms with Crippen LogP contribution >= 0.6 is 31.9 Å². The summed E-state index contributed by atoms with van der Waals surface area (Å²) in [6.45, 7) is 9.25. The normalized spacial score (nSPS) is 11.2. The Hall–Kier alpha value is 0.180. The van der Waals surface area contributed by atoms with Crippen LogP contribution in [-0.2, 0) is 36.3 Å². The monoisotopic (exact) mass is 430 g/mol. The van der Waals surface area contributed by atoms with Gasteiger partial charge in [0.1, 0.15) is 0 Å². The van der Waals surface area contributed by atoms with Crippen LogP contribution in [0.4, 0.5) is 0 Å². The summed E-state index contributed by atoms with van der Waals surface area (Å²) in [4.78, 5) is 0. The summed E-state index contributed by atoms with van der Waals surface area (Å²) in [6, 6.07) is 0. The lowest BCUT2D eigenvalue weighted by atomic mass is 9.81. The molecule has 0 saturated heterocycles. The van der Waals surface area contributed by atoms with Crippen LogP contribution in [0.25, 0.3) is 0 Å². The molecule has 0 spiro atoms. The van der Waals surface area contributed by atoms with Gasteiger partial charge in [-0.1, -0.05) is 85.2 Å². The topological polar surface area (TPSA) is 0 Å². The second-order valence-electron chi connectivity index (χ2n) is 6.14. The van der Waals surface area contributed by atoms with E-state index in [1.165, 1.54) is 51.4 Å². The molecular weight excluding hydrogens is 400 g/mol. The van der Waals surface area contributed by atoms with Crippen LogP contribution in [-0.4, -0.2) is 0 Å². The van der Waals surface area contributed by atoms with Crippen LogP contribution < -0.4 is 0 Å². The first-order chi connectivity index (χ1) is 10.7. The summed E-state index contributed by atoms with van der Waals surface area (Å²) in [5.74, 6) is 0. The molecule has 0 aliphatic heterocycles. The Morgan fingerprint density at radius 2 is 0.682 bits per heavy atom. The highest BCUT2D eigenvalue weighted by Gasteiger charge is 2.20. The van der Waals surface area contributed by atoms with E-state index in [-0.39, 0.29) is 0 Å². The molecule has 0 aliphatic carbocycles. The lowest BCUT2D eigenvalue weighted by molar-refractivity contribution is 0.788. The highest BCUT2D eigenvalue weighted by atomic mass is 79.9. The maximum atomic E-state index is 3.78. The largest absolute Gasteiger partial charge is 0.0876 e. The third kappa shape index (κ3) is 4.60. The fourth-order valence-electron chi connectivity index (χ4n) is 3.62. The summed E-state index contributed by atoms with van der Waals surface area (Å²) in [7, 11) is 0. The molecule has 0 unspecified atom stereocenters. The van der Waals surface area contributed by atoms with E-state index in [9.17, 15) is 0 Å². The van der Waals surface area contributed by atoms with E-state index in [1.54, 1.807) is 33.4 Å². The SMILES string of the molecule is CCCc1c(CBr)c(CBr)c(CCC)c(CCC)c1CCC. The first-order valence-corrected chi connectivity index (χ1v) is 11.2. The fourth-order valence-corrected chi connectivity index (χ4v) is 4.98. The van der Waals surface area contributed by atoms with Gasteiger partial charge < -0.3 is 0 Å². The predicted molar refractivity (Wildman–Crippen MR) is 108 cm³/mol. The van der Waals surface area contributed by atoms with E-state index in [0.29, 0.717) is 0 Å². The van der Waals surface area contributed by atoms with E-state index < -0.39 is 0 Å². The molecule has 0 aliphatic rings. The number of alkyl halides is 2. The van der Waals surface area contributed by atoms with Gasteiger partial charge in [0.15, 0.2) is 0 Å². The van der Waals surface area contributed by atoms with E-state index in [0.717, 1.165) is 10.7 Å². The molecule has 0 fully saturated rings.